The van der Waals surface area contributed by atoms with Crippen LogP contribution in [0.5, 0.6) is 0 Å². The number of nitrogens with zero attached hydrogens (tertiary/aromatic N) is 4. The Balaban J connectivity index is 1.84. The Bertz CT molecular complexity index is 643. The predicted octanol–water partition coefficient (Wildman–Crippen LogP) is 0.789. The number of aromatic nitrogens is 2. The van der Waals surface area contributed by atoms with Gasteiger partial charge in [-0.3, -0.25) is 14.6 Å². The Hall–Kier alpha value is -1.92. The van der Waals surface area contributed by atoms with Gasteiger partial charge in [0.2, 0.25) is 0 Å². The van der Waals surface area contributed by atoms with Crippen LogP contribution in [0, 0.1) is 0 Å². The van der Waals surface area contributed by atoms with Crippen molar-refractivity contribution < 1.29 is 4.79 Å². The lowest BCUT2D eigenvalue weighted by Crippen LogP contribution is -2.52. The Labute approximate surface area is 124 Å². The number of piperazine rings is 1. The SMILES string of the molecule is CCc1nc2ccccn2c1C(=O)NN1CCN(C)CC1. The van der Waals surface area contributed by atoms with Gasteiger partial charge in [-0.15, -0.1) is 0 Å². The van der Waals surface area contributed by atoms with Crippen LogP contribution in [-0.2, 0) is 6.42 Å². The molecule has 0 unspecified atom stereocenters. The molecule has 1 N–H and O–H groups in total. The summed E-state index contributed by atoms with van der Waals surface area (Å²) >= 11 is 0. The van der Waals surface area contributed by atoms with Crippen molar-refractivity contribution in [1.82, 2.24) is 24.7 Å². The van der Waals surface area contributed by atoms with E-state index in [0.29, 0.717) is 5.69 Å². The number of carbonyl (C=O) groups is 1. The van der Waals surface area contributed by atoms with Gasteiger partial charge in [0.15, 0.2) is 0 Å². The van der Waals surface area contributed by atoms with E-state index in [-0.39, 0.29) is 5.91 Å². The number of nitrogens with one attached hydrogen (secondary N) is 1. The standard InChI is InChI=1S/C15H21N5O/c1-3-12-14(20-7-5-4-6-13(20)16-12)15(21)17-19-10-8-18(2)9-11-19/h4-7H,3,8-11H2,1-2H3,(H,17,21). The normalized spacial score (nSPS) is 17.2. The van der Waals surface area contributed by atoms with Crippen molar-refractivity contribution in [2.45, 2.75) is 13.3 Å². The van der Waals surface area contributed by atoms with Crippen molar-refractivity contribution in [2.24, 2.45) is 0 Å². The minimum atomic E-state index is -0.0740. The van der Waals surface area contributed by atoms with Crippen molar-refractivity contribution in [2.75, 3.05) is 33.2 Å². The second-order valence-electron chi connectivity index (χ2n) is 5.42. The number of likely N-dealkylation sites (N-methyl/N-ethyl adjacent to an activating group) is 1. The molecule has 0 spiro atoms. The van der Waals surface area contributed by atoms with Gasteiger partial charge in [-0.25, -0.2) is 9.99 Å². The number of amides is 1. The van der Waals surface area contributed by atoms with Crippen molar-refractivity contribution in [3.8, 4) is 0 Å². The average Bonchev–Trinajstić information content (AvgIpc) is 2.88. The summed E-state index contributed by atoms with van der Waals surface area (Å²) in [6.45, 7) is 5.65. The maximum Gasteiger partial charge on any atom is 0.284 e. The Kier molecular flexibility index (Phi) is 3.90. The molecular formula is C15H21N5O. The molecule has 1 aliphatic heterocycles. The van der Waals surface area contributed by atoms with Crippen molar-refractivity contribution in [1.29, 1.82) is 0 Å². The first-order valence-electron chi connectivity index (χ1n) is 7.39. The first kappa shape index (κ1) is 14.0. The zero-order chi connectivity index (χ0) is 14.8. The third kappa shape index (κ3) is 2.77. The van der Waals surface area contributed by atoms with Gasteiger partial charge in [0, 0.05) is 32.4 Å². The van der Waals surface area contributed by atoms with Crippen molar-refractivity contribution in [3.63, 3.8) is 0 Å². The summed E-state index contributed by atoms with van der Waals surface area (Å²) in [7, 11) is 2.10. The number of carbonyl (C=O) groups excluding carboxylic acids is 1. The minimum Gasteiger partial charge on any atom is -0.304 e. The lowest BCUT2D eigenvalue weighted by atomic mass is 10.2. The Morgan fingerprint density at radius 3 is 2.76 bits per heavy atom. The molecule has 6 nitrogen and oxygen atoms in total. The number of rotatable bonds is 3. The van der Waals surface area contributed by atoms with Crippen LogP contribution in [0.3, 0.4) is 0 Å². The zero-order valence-electron chi connectivity index (χ0n) is 12.5. The van der Waals surface area contributed by atoms with Crippen molar-refractivity contribution >= 4 is 11.6 Å². The number of hydrogen-bond acceptors (Lipinski definition) is 4. The molecule has 2 aromatic rings. The lowest BCUT2D eigenvalue weighted by molar-refractivity contribution is 0.0656. The molecule has 0 aliphatic carbocycles. The van der Waals surface area contributed by atoms with Crippen LogP contribution in [0.4, 0.5) is 0 Å². The predicted molar refractivity (Wildman–Crippen MR) is 81.1 cm³/mol. The van der Waals surface area contributed by atoms with E-state index in [1.54, 1.807) is 0 Å². The number of fused-ring (bicyclic) bond motifs is 1. The van der Waals surface area contributed by atoms with E-state index in [1.165, 1.54) is 0 Å². The summed E-state index contributed by atoms with van der Waals surface area (Å²) in [5.41, 5.74) is 5.32. The quantitative estimate of drug-likeness (QED) is 0.907. The fourth-order valence-corrected chi connectivity index (χ4v) is 2.65. The molecule has 112 valence electrons. The number of hydrazine groups is 1. The lowest BCUT2D eigenvalue weighted by Gasteiger charge is -2.32. The van der Waals surface area contributed by atoms with Gasteiger partial charge in [0.05, 0.1) is 5.69 Å². The van der Waals surface area contributed by atoms with Gasteiger partial charge >= 0.3 is 0 Å². The topological polar surface area (TPSA) is 52.9 Å². The zero-order valence-corrected chi connectivity index (χ0v) is 12.5. The third-order valence-corrected chi connectivity index (χ3v) is 3.92. The van der Waals surface area contributed by atoms with Crippen LogP contribution < -0.4 is 5.43 Å². The monoisotopic (exact) mass is 287 g/mol. The van der Waals surface area contributed by atoms with E-state index < -0.39 is 0 Å². The smallest absolute Gasteiger partial charge is 0.284 e. The van der Waals surface area contributed by atoms with E-state index in [4.69, 9.17) is 0 Å². The molecule has 0 radical (unpaired) electrons. The summed E-state index contributed by atoms with van der Waals surface area (Å²) in [5.74, 6) is -0.0740. The molecule has 0 atom stereocenters. The second-order valence-corrected chi connectivity index (χ2v) is 5.42. The highest BCUT2D eigenvalue weighted by atomic mass is 16.2. The highest BCUT2D eigenvalue weighted by molar-refractivity contribution is 5.94. The van der Waals surface area contributed by atoms with Crippen LogP contribution >= 0.6 is 0 Å². The molecule has 2 aromatic heterocycles. The summed E-state index contributed by atoms with van der Waals surface area (Å²) in [6, 6.07) is 5.77. The second kappa shape index (κ2) is 5.83. The van der Waals surface area contributed by atoms with Gasteiger partial charge in [0.1, 0.15) is 11.3 Å². The molecule has 1 amide bonds. The third-order valence-electron chi connectivity index (χ3n) is 3.92. The van der Waals surface area contributed by atoms with Gasteiger partial charge in [-0.2, -0.15) is 0 Å². The maximum atomic E-state index is 12.6. The van der Waals surface area contributed by atoms with Crippen LogP contribution in [0.25, 0.3) is 5.65 Å². The summed E-state index contributed by atoms with van der Waals surface area (Å²) in [6.07, 6.45) is 2.63. The number of hydrogen-bond donors (Lipinski definition) is 1. The summed E-state index contributed by atoms with van der Waals surface area (Å²) < 4.78 is 1.87. The molecule has 0 aromatic carbocycles. The number of pyridine rings is 1. The van der Waals surface area contributed by atoms with Crippen LogP contribution in [0.2, 0.25) is 0 Å². The Morgan fingerprint density at radius 2 is 2.05 bits per heavy atom. The fraction of sp³-hybridized carbons (Fsp3) is 0.467. The van der Waals surface area contributed by atoms with E-state index >= 15 is 0 Å². The van der Waals surface area contributed by atoms with Gasteiger partial charge in [0.25, 0.3) is 5.91 Å². The number of imidazole rings is 1. The fourth-order valence-electron chi connectivity index (χ4n) is 2.65. The highest BCUT2D eigenvalue weighted by Crippen LogP contribution is 2.13. The summed E-state index contributed by atoms with van der Waals surface area (Å²) in [5, 5.41) is 1.99. The molecule has 6 heteroatoms. The van der Waals surface area contributed by atoms with Crippen LogP contribution in [-0.4, -0.2) is 58.4 Å². The van der Waals surface area contributed by atoms with E-state index in [2.05, 4.69) is 22.4 Å². The molecule has 3 rings (SSSR count). The summed E-state index contributed by atoms with van der Waals surface area (Å²) in [4.78, 5) is 19.4. The number of aryl methyl sites for hydroxylation is 1. The van der Waals surface area contributed by atoms with Gasteiger partial charge in [-0.05, 0) is 25.6 Å². The van der Waals surface area contributed by atoms with Crippen LogP contribution in [0.15, 0.2) is 24.4 Å². The van der Waals surface area contributed by atoms with Crippen LogP contribution in [0.1, 0.15) is 23.1 Å². The Morgan fingerprint density at radius 1 is 1.29 bits per heavy atom. The minimum absolute atomic E-state index is 0.0740. The van der Waals surface area contributed by atoms with Gasteiger partial charge in [-0.1, -0.05) is 13.0 Å². The molecule has 1 aliphatic rings. The molecule has 21 heavy (non-hydrogen) atoms. The first-order valence-corrected chi connectivity index (χ1v) is 7.39. The van der Waals surface area contributed by atoms with Gasteiger partial charge < -0.3 is 4.90 Å². The molecule has 0 saturated carbocycles. The molecular weight excluding hydrogens is 266 g/mol. The molecule has 0 bridgehead atoms. The largest absolute Gasteiger partial charge is 0.304 e. The maximum absolute atomic E-state index is 12.6. The average molecular weight is 287 g/mol. The van der Waals surface area contributed by atoms with E-state index in [9.17, 15) is 4.79 Å². The van der Waals surface area contributed by atoms with E-state index in [1.807, 2.05) is 40.7 Å². The molecule has 1 fully saturated rings. The molecule has 1 saturated heterocycles. The molecule has 3 heterocycles. The van der Waals surface area contributed by atoms with E-state index in [0.717, 1.165) is 43.9 Å². The highest BCUT2D eigenvalue weighted by Gasteiger charge is 2.21. The van der Waals surface area contributed by atoms with Crippen molar-refractivity contribution in [3.05, 3.63) is 35.8 Å². The first-order chi connectivity index (χ1) is 10.2.